The van der Waals surface area contributed by atoms with Crippen molar-refractivity contribution in [2.75, 3.05) is 17.1 Å². The normalized spacial score (nSPS) is 21.7. The summed E-state index contributed by atoms with van der Waals surface area (Å²) in [6, 6.07) is 0. The van der Waals surface area contributed by atoms with E-state index in [-0.39, 0.29) is 17.8 Å². The Balaban J connectivity index is 1.94. The predicted octanol–water partition coefficient (Wildman–Crippen LogP) is 0.330. The van der Waals surface area contributed by atoms with Crippen LogP contribution in [0.3, 0.4) is 0 Å². The van der Waals surface area contributed by atoms with Gasteiger partial charge >= 0.3 is 0 Å². The van der Waals surface area contributed by atoms with Gasteiger partial charge in [-0.15, -0.1) is 0 Å². The maximum atomic E-state index is 11.6. The van der Waals surface area contributed by atoms with Gasteiger partial charge in [0, 0.05) is 19.0 Å². The number of nitrogens with one attached hydrogen (secondary N) is 2. The molecule has 0 radical (unpaired) electrons. The third-order valence-electron chi connectivity index (χ3n) is 2.18. The largest absolute Gasteiger partial charge is 0.377 e. The summed E-state index contributed by atoms with van der Waals surface area (Å²) in [4.78, 5) is 6.47. The smallest absolute Gasteiger partial charge is 0.237 e. The van der Waals surface area contributed by atoms with Crippen molar-refractivity contribution in [2.45, 2.75) is 18.9 Å². The molecule has 84 valence electrons. The molecule has 7 heteroatoms. The molecule has 1 aliphatic rings. The highest BCUT2D eigenvalue weighted by Gasteiger charge is 2.23. The fourth-order valence-electron chi connectivity index (χ4n) is 1.53. The number of H-pyrrole nitrogens is 1. The summed E-state index contributed by atoms with van der Waals surface area (Å²) in [5.41, 5.74) is 0. The molecule has 1 fully saturated rings. The number of hydrogen-bond donors (Lipinski definition) is 2. The Kier molecular flexibility index (Phi) is 2.92. The lowest BCUT2D eigenvalue weighted by atomic mass is 10.3. The van der Waals surface area contributed by atoms with Crippen LogP contribution in [0.1, 0.15) is 12.8 Å². The topological polar surface area (TPSA) is 84.1 Å². The summed E-state index contributed by atoms with van der Waals surface area (Å²) >= 11 is 0. The van der Waals surface area contributed by atoms with Crippen molar-refractivity contribution in [3.8, 4) is 0 Å². The van der Waals surface area contributed by atoms with Gasteiger partial charge in [0.05, 0.1) is 11.9 Å². The van der Waals surface area contributed by atoms with Crippen LogP contribution in [0.2, 0.25) is 0 Å². The zero-order valence-corrected chi connectivity index (χ0v) is 8.96. The molecule has 2 N–H and O–H groups in total. The van der Waals surface area contributed by atoms with Crippen LogP contribution in [-0.4, -0.2) is 36.8 Å². The first kappa shape index (κ1) is 10.4. The van der Waals surface area contributed by atoms with Gasteiger partial charge in [0.15, 0.2) is 0 Å². The van der Waals surface area contributed by atoms with E-state index in [0.29, 0.717) is 6.61 Å². The van der Waals surface area contributed by atoms with E-state index in [9.17, 15) is 8.42 Å². The number of aromatic amines is 1. The minimum atomic E-state index is -3.36. The molecule has 2 rings (SSSR count). The van der Waals surface area contributed by atoms with E-state index < -0.39 is 10.0 Å². The summed E-state index contributed by atoms with van der Waals surface area (Å²) < 4.78 is 30.8. The Morgan fingerprint density at radius 3 is 3.13 bits per heavy atom. The average Bonchev–Trinajstić information content (AvgIpc) is 2.75. The van der Waals surface area contributed by atoms with Gasteiger partial charge in [-0.1, -0.05) is 0 Å². The van der Waals surface area contributed by atoms with Crippen molar-refractivity contribution >= 4 is 16.0 Å². The summed E-state index contributed by atoms with van der Waals surface area (Å²) in [5.74, 6) is 0.237. The maximum Gasteiger partial charge on any atom is 0.237 e. The van der Waals surface area contributed by atoms with Gasteiger partial charge in [-0.25, -0.2) is 13.4 Å². The highest BCUT2D eigenvalue weighted by atomic mass is 32.2. The van der Waals surface area contributed by atoms with Gasteiger partial charge in [-0.3, -0.25) is 4.72 Å². The Bertz CT molecular complexity index is 395. The monoisotopic (exact) mass is 231 g/mol. The van der Waals surface area contributed by atoms with E-state index in [1.807, 2.05) is 0 Å². The molecule has 1 aromatic heterocycles. The van der Waals surface area contributed by atoms with Crippen molar-refractivity contribution in [2.24, 2.45) is 0 Å². The third kappa shape index (κ3) is 2.93. The molecular formula is C8H13N3O3S. The van der Waals surface area contributed by atoms with Crippen LogP contribution < -0.4 is 4.72 Å². The lowest BCUT2D eigenvalue weighted by Crippen LogP contribution is -2.26. The van der Waals surface area contributed by atoms with Crippen LogP contribution in [0.15, 0.2) is 12.4 Å². The molecule has 0 aliphatic carbocycles. The van der Waals surface area contributed by atoms with Crippen LogP contribution in [-0.2, 0) is 14.8 Å². The van der Waals surface area contributed by atoms with Crippen molar-refractivity contribution in [3.05, 3.63) is 12.4 Å². The molecule has 0 bridgehead atoms. The quantitative estimate of drug-likeness (QED) is 0.782. The number of sulfonamides is 1. The first-order valence-corrected chi connectivity index (χ1v) is 6.42. The molecule has 1 aliphatic heterocycles. The number of ether oxygens (including phenoxy) is 1. The van der Waals surface area contributed by atoms with Crippen LogP contribution in [0.5, 0.6) is 0 Å². The fraction of sp³-hybridized carbons (Fsp3) is 0.625. The van der Waals surface area contributed by atoms with Crippen LogP contribution >= 0.6 is 0 Å². The molecule has 2 heterocycles. The lowest BCUT2D eigenvalue weighted by Gasteiger charge is -2.10. The van der Waals surface area contributed by atoms with Gasteiger partial charge in [0.1, 0.15) is 0 Å². The standard InChI is InChI=1S/C8H13N3O3S/c12-15(13,6-7-2-1-5-14-7)11-8-9-3-4-10-8/h3-4,7H,1-2,5-6H2,(H2,9,10,11). The molecule has 15 heavy (non-hydrogen) atoms. The molecule has 1 atom stereocenters. The predicted molar refractivity (Wildman–Crippen MR) is 55.0 cm³/mol. The second-order valence-electron chi connectivity index (χ2n) is 3.46. The van der Waals surface area contributed by atoms with E-state index in [1.165, 1.54) is 6.20 Å². The van der Waals surface area contributed by atoms with E-state index in [1.54, 1.807) is 6.20 Å². The SMILES string of the molecule is O=S(=O)(CC1CCCO1)Nc1ncc[nH]1. The van der Waals surface area contributed by atoms with Crippen LogP contribution in [0.25, 0.3) is 0 Å². The molecule has 1 aromatic rings. The molecule has 0 saturated carbocycles. The molecule has 0 spiro atoms. The summed E-state index contributed by atoms with van der Waals surface area (Å²) in [6.45, 7) is 0.654. The van der Waals surface area contributed by atoms with E-state index in [2.05, 4.69) is 14.7 Å². The average molecular weight is 231 g/mol. The third-order valence-corrected chi connectivity index (χ3v) is 3.49. The molecule has 0 amide bonds. The van der Waals surface area contributed by atoms with E-state index in [0.717, 1.165) is 12.8 Å². The molecule has 0 aromatic carbocycles. The van der Waals surface area contributed by atoms with Gasteiger partial charge in [0.2, 0.25) is 16.0 Å². The zero-order chi connectivity index (χ0) is 10.7. The van der Waals surface area contributed by atoms with Crippen molar-refractivity contribution in [3.63, 3.8) is 0 Å². The van der Waals surface area contributed by atoms with Crippen molar-refractivity contribution < 1.29 is 13.2 Å². The zero-order valence-electron chi connectivity index (χ0n) is 8.14. The highest BCUT2D eigenvalue weighted by molar-refractivity contribution is 7.92. The van der Waals surface area contributed by atoms with Crippen LogP contribution in [0.4, 0.5) is 5.95 Å². The number of rotatable bonds is 4. The summed E-state index contributed by atoms with van der Waals surface area (Å²) in [6.07, 6.45) is 4.60. The highest BCUT2D eigenvalue weighted by Crippen LogP contribution is 2.14. The minimum absolute atomic E-state index is 0.00625. The molecule has 1 saturated heterocycles. The molecular weight excluding hydrogens is 218 g/mol. The second-order valence-corrected chi connectivity index (χ2v) is 5.22. The Labute approximate surface area is 88.1 Å². The first-order chi connectivity index (χ1) is 7.16. The second kappa shape index (κ2) is 4.19. The van der Waals surface area contributed by atoms with Gasteiger partial charge in [0.25, 0.3) is 0 Å². The van der Waals surface area contributed by atoms with Gasteiger partial charge in [-0.2, -0.15) is 0 Å². The number of aromatic nitrogens is 2. The lowest BCUT2D eigenvalue weighted by molar-refractivity contribution is 0.127. The Morgan fingerprint density at radius 2 is 2.53 bits per heavy atom. The number of nitrogens with zero attached hydrogens (tertiary/aromatic N) is 1. The fourth-order valence-corrected chi connectivity index (χ4v) is 2.77. The van der Waals surface area contributed by atoms with Crippen molar-refractivity contribution in [1.82, 2.24) is 9.97 Å². The van der Waals surface area contributed by atoms with Crippen LogP contribution in [0, 0.1) is 0 Å². The summed E-state index contributed by atoms with van der Waals surface area (Å²) in [5, 5.41) is 0. The molecule has 6 nitrogen and oxygen atoms in total. The van der Waals surface area contributed by atoms with Gasteiger partial charge < -0.3 is 9.72 Å². The number of imidazole rings is 1. The summed E-state index contributed by atoms with van der Waals surface area (Å²) in [7, 11) is -3.36. The molecule has 1 unspecified atom stereocenters. The maximum absolute atomic E-state index is 11.6. The van der Waals surface area contributed by atoms with E-state index >= 15 is 0 Å². The first-order valence-electron chi connectivity index (χ1n) is 4.77. The van der Waals surface area contributed by atoms with E-state index in [4.69, 9.17) is 4.74 Å². The van der Waals surface area contributed by atoms with Crippen molar-refractivity contribution in [1.29, 1.82) is 0 Å². The number of anilines is 1. The van der Waals surface area contributed by atoms with Gasteiger partial charge in [-0.05, 0) is 12.8 Å². The number of hydrogen-bond acceptors (Lipinski definition) is 4. The Morgan fingerprint density at radius 1 is 1.67 bits per heavy atom. The minimum Gasteiger partial charge on any atom is -0.377 e. The Hall–Kier alpha value is -1.08.